The maximum atomic E-state index is 11.3. The van der Waals surface area contributed by atoms with Crippen molar-refractivity contribution < 1.29 is 14.3 Å². The van der Waals surface area contributed by atoms with Gasteiger partial charge in [-0.3, -0.25) is 0 Å². The van der Waals surface area contributed by atoms with Crippen molar-refractivity contribution in [3.63, 3.8) is 0 Å². The molecule has 0 radical (unpaired) electrons. The summed E-state index contributed by atoms with van der Waals surface area (Å²) in [5.41, 5.74) is 1.51. The fourth-order valence-corrected chi connectivity index (χ4v) is 1.97. The Hall–Kier alpha value is -2.17. The van der Waals surface area contributed by atoms with Crippen molar-refractivity contribution in [2.24, 2.45) is 0 Å². The highest BCUT2D eigenvalue weighted by Crippen LogP contribution is 2.14. The second-order valence-corrected chi connectivity index (χ2v) is 5.12. The SMILES string of the molecule is COC(=O)c1ccc(OCC=CCNc2ccc(Cl)cc2)cc1.Cl. The third kappa shape index (κ3) is 6.52. The third-order valence-electron chi connectivity index (χ3n) is 3.06. The number of anilines is 1. The number of esters is 1. The monoisotopic (exact) mass is 367 g/mol. The summed E-state index contributed by atoms with van der Waals surface area (Å²) in [4.78, 5) is 11.3. The summed E-state index contributed by atoms with van der Waals surface area (Å²) in [7, 11) is 1.36. The number of hydrogen-bond donors (Lipinski definition) is 1. The average molecular weight is 368 g/mol. The molecular weight excluding hydrogens is 349 g/mol. The molecule has 0 fully saturated rings. The van der Waals surface area contributed by atoms with Crippen molar-refractivity contribution in [3.8, 4) is 5.75 Å². The number of methoxy groups -OCH3 is 1. The van der Waals surface area contributed by atoms with E-state index in [2.05, 4.69) is 10.1 Å². The quantitative estimate of drug-likeness (QED) is 0.573. The molecule has 0 unspecified atom stereocenters. The summed E-state index contributed by atoms with van der Waals surface area (Å²) in [6, 6.07) is 14.4. The molecule has 2 rings (SSSR count). The fourth-order valence-electron chi connectivity index (χ4n) is 1.85. The van der Waals surface area contributed by atoms with E-state index in [-0.39, 0.29) is 18.4 Å². The maximum Gasteiger partial charge on any atom is 0.337 e. The minimum atomic E-state index is -0.357. The lowest BCUT2D eigenvalue weighted by atomic mass is 10.2. The minimum Gasteiger partial charge on any atom is -0.490 e. The standard InChI is InChI=1S/C18H18ClNO3.ClH/c1-22-18(21)14-4-10-17(11-5-14)23-13-3-2-12-20-16-8-6-15(19)7-9-16;/h2-11,20H,12-13H2,1H3;1H. The van der Waals surface area contributed by atoms with Gasteiger partial charge in [0.2, 0.25) is 0 Å². The van der Waals surface area contributed by atoms with Gasteiger partial charge in [-0.1, -0.05) is 17.7 Å². The van der Waals surface area contributed by atoms with Gasteiger partial charge in [0.05, 0.1) is 12.7 Å². The van der Waals surface area contributed by atoms with Crippen molar-refractivity contribution in [2.75, 3.05) is 25.6 Å². The Morgan fingerprint density at radius 3 is 2.38 bits per heavy atom. The van der Waals surface area contributed by atoms with Crippen LogP contribution >= 0.6 is 24.0 Å². The Morgan fingerprint density at radius 2 is 1.75 bits per heavy atom. The fraction of sp³-hybridized carbons (Fsp3) is 0.167. The van der Waals surface area contributed by atoms with E-state index in [1.54, 1.807) is 24.3 Å². The number of carbonyl (C=O) groups excluding carboxylic acids is 1. The molecule has 0 aliphatic carbocycles. The van der Waals surface area contributed by atoms with E-state index in [1.807, 2.05) is 36.4 Å². The molecule has 2 aromatic carbocycles. The van der Waals surface area contributed by atoms with Gasteiger partial charge in [0, 0.05) is 17.3 Å². The molecule has 0 saturated carbocycles. The number of benzene rings is 2. The van der Waals surface area contributed by atoms with E-state index < -0.39 is 0 Å². The Balaban J connectivity index is 0.00000288. The van der Waals surface area contributed by atoms with Gasteiger partial charge in [-0.05, 0) is 54.6 Å². The Kier molecular flexibility index (Phi) is 8.76. The molecule has 6 heteroatoms. The number of carbonyl (C=O) groups is 1. The minimum absolute atomic E-state index is 0. The van der Waals surface area contributed by atoms with Crippen LogP contribution in [0.2, 0.25) is 5.02 Å². The van der Waals surface area contributed by atoms with Crippen molar-refractivity contribution in [1.29, 1.82) is 0 Å². The van der Waals surface area contributed by atoms with Crippen LogP contribution in [-0.4, -0.2) is 26.2 Å². The number of nitrogens with one attached hydrogen (secondary N) is 1. The predicted molar refractivity (Wildman–Crippen MR) is 99.6 cm³/mol. The van der Waals surface area contributed by atoms with Crippen LogP contribution in [-0.2, 0) is 4.74 Å². The second kappa shape index (κ2) is 10.6. The van der Waals surface area contributed by atoms with Gasteiger partial charge >= 0.3 is 5.97 Å². The summed E-state index contributed by atoms with van der Waals surface area (Å²) in [5.74, 6) is 0.345. The van der Waals surface area contributed by atoms with Gasteiger partial charge in [0.15, 0.2) is 0 Å². The molecule has 128 valence electrons. The van der Waals surface area contributed by atoms with Gasteiger partial charge in [0.25, 0.3) is 0 Å². The molecule has 0 aliphatic heterocycles. The van der Waals surface area contributed by atoms with E-state index in [0.717, 1.165) is 10.7 Å². The highest BCUT2D eigenvalue weighted by atomic mass is 35.5. The number of ether oxygens (including phenoxy) is 2. The first-order valence-corrected chi connectivity index (χ1v) is 7.52. The summed E-state index contributed by atoms with van der Waals surface area (Å²) in [5, 5.41) is 3.96. The second-order valence-electron chi connectivity index (χ2n) is 4.69. The lowest BCUT2D eigenvalue weighted by molar-refractivity contribution is 0.0600. The molecule has 4 nitrogen and oxygen atoms in total. The zero-order chi connectivity index (χ0) is 16.5. The summed E-state index contributed by atoms with van der Waals surface area (Å²) in [6.45, 7) is 1.16. The summed E-state index contributed by atoms with van der Waals surface area (Å²) < 4.78 is 10.2. The number of halogens is 2. The Labute approximate surface area is 152 Å². The zero-order valence-corrected chi connectivity index (χ0v) is 14.8. The molecule has 0 saturated heterocycles. The van der Waals surface area contributed by atoms with Crippen molar-refractivity contribution in [3.05, 3.63) is 71.3 Å². The van der Waals surface area contributed by atoms with Crippen LogP contribution in [0.15, 0.2) is 60.7 Å². The van der Waals surface area contributed by atoms with Crippen LogP contribution in [0.5, 0.6) is 5.75 Å². The first kappa shape index (κ1) is 19.9. The first-order valence-electron chi connectivity index (χ1n) is 7.14. The molecule has 24 heavy (non-hydrogen) atoms. The van der Waals surface area contributed by atoms with Gasteiger partial charge in [-0.2, -0.15) is 0 Å². The molecule has 0 amide bonds. The van der Waals surface area contributed by atoms with E-state index in [9.17, 15) is 4.79 Å². The van der Waals surface area contributed by atoms with E-state index in [4.69, 9.17) is 16.3 Å². The van der Waals surface area contributed by atoms with E-state index in [1.165, 1.54) is 7.11 Å². The topological polar surface area (TPSA) is 47.6 Å². The third-order valence-corrected chi connectivity index (χ3v) is 3.31. The molecule has 0 atom stereocenters. The largest absolute Gasteiger partial charge is 0.490 e. The van der Waals surface area contributed by atoms with Crippen LogP contribution < -0.4 is 10.1 Å². The average Bonchev–Trinajstić information content (AvgIpc) is 2.59. The van der Waals surface area contributed by atoms with Gasteiger partial charge in [0.1, 0.15) is 12.4 Å². The Morgan fingerprint density at radius 1 is 1.08 bits per heavy atom. The van der Waals surface area contributed by atoms with Crippen LogP contribution in [0.3, 0.4) is 0 Å². The highest BCUT2D eigenvalue weighted by Gasteiger charge is 2.03. The molecule has 2 aromatic rings. The number of hydrogen-bond acceptors (Lipinski definition) is 4. The lowest BCUT2D eigenvalue weighted by Gasteiger charge is -2.05. The summed E-state index contributed by atoms with van der Waals surface area (Å²) >= 11 is 5.82. The molecule has 0 aromatic heterocycles. The molecule has 0 heterocycles. The predicted octanol–water partition coefficient (Wildman–Crippen LogP) is 4.60. The smallest absolute Gasteiger partial charge is 0.337 e. The van der Waals surface area contributed by atoms with Crippen molar-refractivity contribution >= 4 is 35.7 Å². The van der Waals surface area contributed by atoms with Gasteiger partial charge < -0.3 is 14.8 Å². The number of rotatable bonds is 7. The van der Waals surface area contributed by atoms with Crippen LogP contribution in [0.1, 0.15) is 10.4 Å². The highest BCUT2D eigenvalue weighted by molar-refractivity contribution is 6.30. The van der Waals surface area contributed by atoms with Crippen molar-refractivity contribution in [2.45, 2.75) is 0 Å². The lowest BCUT2D eigenvalue weighted by Crippen LogP contribution is -2.01. The van der Waals surface area contributed by atoms with Crippen LogP contribution in [0.25, 0.3) is 0 Å². The molecule has 0 aliphatic rings. The molecule has 0 bridgehead atoms. The first-order chi connectivity index (χ1) is 11.2. The van der Waals surface area contributed by atoms with Gasteiger partial charge in [-0.25, -0.2) is 4.79 Å². The molecule has 0 spiro atoms. The van der Waals surface area contributed by atoms with Crippen LogP contribution in [0, 0.1) is 0 Å². The van der Waals surface area contributed by atoms with Crippen LogP contribution in [0.4, 0.5) is 5.69 Å². The molecular formula is C18H19Cl2NO3. The van der Waals surface area contributed by atoms with E-state index in [0.29, 0.717) is 24.5 Å². The van der Waals surface area contributed by atoms with E-state index >= 15 is 0 Å². The van der Waals surface area contributed by atoms with Gasteiger partial charge in [-0.15, -0.1) is 12.4 Å². The normalized spacial score (nSPS) is 10.1. The summed E-state index contributed by atoms with van der Waals surface area (Å²) in [6.07, 6.45) is 3.91. The van der Waals surface area contributed by atoms with Crippen molar-refractivity contribution in [1.82, 2.24) is 0 Å². The zero-order valence-electron chi connectivity index (χ0n) is 13.2. The molecule has 1 N–H and O–H groups in total. The maximum absolute atomic E-state index is 11.3. The Bertz CT molecular complexity index is 655.